The molecule has 0 aromatic rings. The molecule has 1 aliphatic rings. The van der Waals surface area contributed by atoms with Gasteiger partial charge in [-0.15, -0.1) is 0 Å². The molecule has 3 heteroatoms. The molecule has 3 nitrogen and oxygen atoms in total. The van der Waals surface area contributed by atoms with E-state index in [1.165, 1.54) is 0 Å². The van der Waals surface area contributed by atoms with Gasteiger partial charge in [0.05, 0.1) is 12.7 Å². The van der Waals surface area contributed by atoms with Gasteiger partial charge in [-0.05, 0) is 32.1 Å². The molecule has 0 aromatic heterocycles. The summed E-state index contributed by atoms with van der Waals surface area (Å²) in [6.07, 6.45) is 4.76. The summed E-state index contributed by atoms with van der Waals surface area (Å²) in [5, 5.41) is 21.7. The minimum Gasteiger partial charge on any atom is -0.395 e. The van der Waals surface area contributed by atoms with Gasteiger partial charge in [0.1, 0.15) is 0 Å². The van der Waals surface area contributed by atoms with Gasteiger partial charge in [-0.25, -0.2) is 0 Å². The maximum Gasteiger partial charge on any atom is 0.0584 e. The van der Waals surface area contributed by atoms with Crippen molar-refractivity contribution in [2.24, 2.45) is 0 Å². The van der Waals surface area contributed by atoms with Crippen LogP contribution in [0.25, 0.3) is 0 Å². The van der Waals surface area contributed by atoms with Gasteiger partial charge in [0.25, 0.3) is 0 Å². The van der Waals surface area contributed by atoms with Crippen LogP contribution in [0.3, 0.4) is 0 Å². The molecule has 0 saturated heterocycles. The summed E-state index contributed by atoms with van der Waals surface area (Å²) < 4.78 is 0. The lowest BCUT2D eigenvalue weighted by Crippen LogP contribution is -2.42. The van der Waals surface area contributed by atoms with Gasteiger partial charge in [-0.3, -0.25) is 0 Å². The van der Waals surface area contributed by atoms with E-state index in [2.05, 4.69) is 12.2 Å². The molecule has 0 spiro atoms. The molecule has 0 amide bonds. The van der Waals surface area contributed by atoms with Gasteiger partial charge < -0.3 is 15.5 Å². The minimum absolute atomic E-state index is 0.0905. The summed E-state index contributed by atoms with van der Waals surface area (Å²) in [4.78, 5) is 0. The molecule has 0 bridgehead atoms. The van der Waals surface area contributed by atoms with E-state index in [1.807, 2.05) is 0 Å². The number of rotatable bonds is 4. The van der Waals surface area contributed by atoms with Crippen molar-refractivity contribution >= 4 is 0 Å². The van der Waals surface area contributed by atoms with Crippen LogP contribution < -0.4 is 5.32 Å². The van der Waals surface area contributed by atoms with Gasteiger partial charge in [0.15, 0.2) is 0 Å². The monoisotopic (exact) mass is 187 g/mol. The Morgan fingerprint density at radius 2 is 1.92 bits per heavy atom. The van der Waals surface area contributed by atoms with E-state index >= 15 is 0 Å². The van der Waals surface area contributed by atoms with Crippen molar-refractivity contribution in [1.82, 2.24) is 5.32 Å². The first-order valence-corrected chi connectivity index (χ1v) is 5.31. The summed E-state index contributed by atoms with van der Waals surface area (Å²) in [5.41, 5.74) is 0. The second-order valence-corrected chi connectivity index (χ2v) is 3.96. The third-order valence-electron chi connectivity index (χ3n) is 2.88. The molecule has 1 aliphatic carbocycles. The molecule has 1 rings (SSSR count). The highest BCUT2D eigenvalue weighted by Gasteiger charge is 2.20. The number of nitrogens with one attached hydrogen (secondary N) is 1. The molecule has 0 aliphatic heterocycles. The Bertz CT molecular complexity index is 129. The number of hydrogen-bond acceptors (Lipinski definition) is 3. The minimum atomic E-state index is -0.0905. The summed E-state index contributed by atoms with van der Waals surface area (Å²) in [6.45, 7) is 2.29. The molecule has 0 unspecified atom stereocenters. The lowest BCUT2D eigenvalue weighted by atomic mass is 9.92. The van der Waals surface area contributed by atoms with Crippen LogP contribution >= 0.6 is 0 Å². The number of aliphatic hydroxyl groups excluding tert-OH is 2. The highest BCUT2D eigenvalue weighted by molar-refractivity contribution is 4.79. The molecule has 1 fully saturated rings. The van der Waals surface area contributed by atoms with E-state index in [9.17, 15) is 5.11 Å². The Balaban J connectivity index is 2.21. The van der Waals surface area contributed by atoms with Crippen LogP contribution in [0.2, 0.25) is 0 Å². The Labute approximate surface area is 80.2 Å². The first-order chi connectivity index (χ1) is 6.26. The summed E-state index contributed by atoms with van der Waals surface area (Å²) in [7, 11) is 0. The van der Waals surface area contributed by atoms with E-state index in [0.717, 1.165) is 32.1 Å². The SMILES string of the molecule is CC[C@H](CO)NC1CCC(O)CC1. The van der Waals surface area contributed by atoms with Crippen LogP contribution in [0.5, 0.6) is 0 Å². The van der Waals surface area contributed by atoms with Crippen LogP contribution in [0.1, 0.15) is 39.0 Å². The summed E-state index contributed by atoms with van der Waals surface area (Å²) in [6, 6.07) is 0.737. The number of aliphatic hydroxyl groups is 2. The molecular formula is C10H21NO2. The van der Waals surface area contributed by atoms with Gasteiger partial charge in [-0.2, -0.15) is 0 Å². The third kappa shape index (κ3) is 3.63. The Morgan fingerprint density at radius 1 is 1.31 bits per heavy atom. The maximum absolute atomic E-state index is 9.30. The average Bonchev–Trinajstić information content (AvgIpc) is 2.17. The fourth-order valence-electron chi connectivity index (χ4n) is 1.88. The second kappa shape index (κ2) is 5.58. The molecule has 0 aromatic carbocycles. The predicted octanol–water partition coefficient (Wildman–Crippen LogP) is 0.650. The van der Waals surface area contributed by atoms with Gasteiger partial charge in [0.2, 0.25) is 0 Å². The van der Waals surface area contributed by atoms with E-state index < -0.39 is 0 Å². The lowest BCUT2D eigenvalue weighted by molar-refractivity contribution is 0.110. The molecule has 0 heterocycles. The largest absolute Gasteiger partial charge is 0.395 e. The Kier molecular flexibility index (Phi) is 4.70. The van der Waals surface area contributed by atoms with Crippen molar-refractivity contribution in [2.75, 3.05) is 6.61 Å². The van der Waals surface area contributed by atoms with Gasteiger partial charge in [0, 0.05) is 12.1 Å². The zero-order chi connectivity index (χ0) is 9.68. The van der Waals surface area contributed by atoms with Gasteiger partial charge >= 0.3 is 0 Å². The Morgan fingerprint density at radius 3 is 2.38 bits per heavy atom. The lowest BCUT2D eigenvalue weighted by Gasteiger charge is -2.29. The van der Waals surface area contributed by atoms with Crippen LogP contribution in [-0.2, 0) is 0 Å². The standard InChI is InChI=1S/C10H21NO2/c1-2-8(7-12)11-9-3-5-10(13)6-4-9/h8-13H,2-7H2,1H3/t8-,9?,10?/m1/s1. The first kappa shape index (κ1) is 11.0. The zero-order valence-electron chi connectivity index (χ0n) is 8.37. The molecule has 1 atom stereocenters. The van der Waals surface area contributed by atoms with E-state index in [4.69, 9.17) is 5.11 Å². The molecule has 78 valence electrons. The number of hydrogen-bond donors (Lipinski definition) is 3. The van der Waals surface area contributed by atoms with Gasteiger partial charge in [-0.1, -0.05) is 6.92 Å². The highest BCUT2D eigenvalue weighted by atomic mass is 16.3. The van der Waals surface area contributed by atoms with Crippen molar-refractivity contribution in [1.29, 1.82) is 0 Å². The van der Waals surface area contributed by atoms with Crippen molar-refractivity contribution in [3.8, 4) is 0 Å². The summed E-state index contributed by atoms with van der Waals surface area (Å²) in [5.74, 6) is 0. The smallest absolute Gasteiger partial charge is 0.0584 e. The molecular weight excluding hydrogens is 166 g/mol. The van der Waals surface area contributed by atoms with E-state index in [-0.39, 0.29) is 18.8 Å². The third-order valence-corrected chi connectivity index (χ3v) is 2.88. The highest BCUT2D eigenvalue weighted by Crippen LogP contribution is 2.18. The molecule has 13 heavy (non-hydrogen) atoms. The van der Waals surface area contributed by atoms with Crippen LogP contribution in [0, 0.1) is 0 Å². The fraction of sp³-hybridized carbons (Fsp3) is 1.00. The predicted molar refractivity (Wildman–Crippen MR) is 52.6 cm³/mol. The Hall–Kier alpha value is -0.120. The summed E-state index contributed by atoms with van der Waals surface area (Å²) >= 11 is 0. The van der Waals surface area contributed by atoms with Crippen molar-refractivity contribution in [2.45, 2.75) is 57.2 Å². The van der Waals surface area contributed by atoms with E-state index in [1.54, 1.807) is 0 Å². The molecule has 3 N–H and O–H groups in total. The molecule has 0 radical (unpaired) electrons. The zero-order valence-corrected chi connectivity index (χ0v) is 8.37. The van der Waals surface area contributed by atoms with Crippen molar-refractivity contribution in [3.63, 3.8) is 0 Å². The second-order valence-electron chi connectivity index (χ2n) is 3.96. The quantitative estimate of drug-likeness (QED) is 0.605. The fourth-order valence-corrected chi connectivity index (χ4v) is 1.88. The van der Waals surface area contributed by atoms with Crippen LogP contribution in [0.4, 0.5) is 0 Å². The topological polar surface area (TPSA) is 52.5 Å². The normalized spacial score (nSPS) is 31.6. The maximum atomic E-state index is 9.30. The van der Waals surface area contributed by atoms with Crippen molar-refractivity contribution < 1.29 is 10.2 Å². The average molecular weight is 187 g/mol. The van der Waals surface area contributed by atoms with Crippen LogP contribution in [-0.4, -0.2) is 35.0 Å². The van der Waals surface area contributed by atoms with Crippen LogP contribution in [0.15, 0.2) is 0 Å². The molecule has 1 saturated carbocycles. The van der Waals surface area contributed by atoms with Crippen molar-refractivity contribution in [3.05, 3.63) is 0 Å². The first-order valence-electron chi connectivity index (χ1n) is 5.31. The van der Waals surface area contributed by atoms with E-state index in [0.29, 0.717) is 6.04 Å².